The average molecular weight is 275 g/mol. The number of carbonyl (C=O) groups is 1. The van der Waals surface area contributed by atoms with Crippen molar-refractivity contribution in [2.75, 3.05) is 7.11 Å². The molecule has 20 heavy (non-hydrogen) atoms. The van der Waals surface area contributed by atoms with Crippen molar-refractivity contribution in [3.8, 4) is 0 Å². The summed E-state index contributed by atoms with van der Waals surface area (Å²) < 4.78 is 16.7. The molecule has 4 atom stereocenters. The third kappa shape index (κ3) is 1.31. The molecule has 0 aromatic carbocycles. The Labute approximate surface area is 116 Å². The quantitative estimate of drug-likeness (QED) is 0.826. The van der Waals surface area contributed by atoms with E-state index in [2.05, 4.69) is 5.16 Å². The summed E-state index contributed by atoms with van der Waals surface area (Å²) in [5, 5.41) is 3.96. The number of fused-ring (bicyclic) bond motifs is 5. The topological polar surface area (TPSA) is 61.6 Å². The normalized spacial score (nSPS) is 35.0. The van der Waals surface area contributed by atoms with Gasteiger partial charge in [0, 0.05) is 0 Å². The van der Waals surface area contributed by atoms with E-state index in [9.17, 15) is 4.79 Å². The van der Waals surface area contributed by atoms with E-state index in [0.717, 1.165) is 29.9 Å². The van der Waals surface area contributed by atoms with Crippen LogP contribution in [0, 0.1) is 25.7 Å². The molecule has 3 heterocycles. The van der Waals surface area contributed by atoms with Crippen LogP contribution in [0.15, 0.2) is 10.3 Å². The molecule has 2 saturated heterocycles. The lowest BCUT2D eigenvalue weighted by Crippen LogP contribution is -2.29. The Hall–Kier alpha value is -1.62. The summed E-state index contributed by atoms with van der Waals surface area (Å²) in [6.45, 7) is 3.70. The monoisotopic (exact) mass is 275 g/mol. The molecule has 5 heteroatoms. The predicted octanol–water partition coefficient (Wildman–Crippen LogP) is 2.03. The SMILES string of the molecule is COC1=C(c2c(C)noc2C)C(=O)[C@H]2[C@@H]1[C@H]1CC[C@@H]2O1. The van der Waals surface area contributed by atoms with Crippen molar-refractivity contribution in [1.29, 1.82) is 0 Å². The highest BCUT2D eigenvalue weighted by Gasteiger charge is 2.59. The van der Waals surface area contributed by atoms with Crippen LogP contribution in [0.3, 0.4) is 0 Å². The van der Waals surface area contributed by atoms with Crippen molar-refractivity contribution < 1.29 is 18.8 Å². The minimum Gasteiger partial charge on any atom is -0.500 e. The third-order valence-corrected chi connectivity index (χ3v) is 4.87. The molecule has 4 rings (SSSR count). The lowest BCUT2D eigenvalue weighted by Gasteiger charge is -2.21. The maximum absolute atomic E-state index is 12.9. The molecule has 0 N–H and O–H groups in total. The average Bonchev–Trinajstić information content (AvgIpc) is 3.15. The van der Waals surface area contributed by atoms with Crippen LogP contribution < -0.4 is 0 Å². The molecule has 2 aliphatic heterocycles. The highest BCUT2D eigenvalue weighted by Crippen LogP contribution is 2.54. The number of carbonyl (C=O) groups excluding carboxylic acids is 1. The number of allylic oxidation sites excluding steroid dienone is 1. The minimum atomic E-state index is -0.0765. The van der Waals surface area contributed by atoms with Gasteiger partial charge in [-0.05, 0) is 26.7 Å². The number of ether oxygens (including phenoxy) is 2. The van der Waals surface area contributed by atoms with E-state index in [1.54, 1.807) is 7.11 Å². The van der Waals surface area contributed by atoms with Crippen LogP contribution in [-0.2, 0) is 14.3 Å². The second-order valence-electron chi connectivity index (χ2n) is 5.85. The Bertz CT molecular complexity index is 610. The fourth-order valence-corrected chi connectivity index (χ4v) is 4.12. The Morgan fingerprint density at radius 1 is 1.20 bits per heavy atom. The van der Waals surface area contributed by atoms with Crippen LogP contribution >= 0.6 is 0 Å². The van der Waals surface area contributed by atoms with E-state index in [1.165, 1.54) is 0 Å². The van der Waals surface area contributed by atoms with E-state index >= 15 is 0 Å². The van der Waals surface area contributed by atoms with Crippen LogP contribution in [0.2, 0.25) is 0 Å². The van der Waals surface area contributed by atoms with E-state index in [0.29, 0.717) is 11.3 Å². The maximum Gasteiger partial charge on any atom is 0.173 e. The molecule has 3 aliphatic rings. The Kier molecular flexibility index (Phi) is 2.40. The highest BCUT2D eigenvalue weighted by atomic mass is 16.5. The molecular weight excluding hydrogens is 258 g/mol. The minimum absolute atomic E-state index is 0.0561. The Morgan fingerprint density at radius 3 is 2.50 bits per heavy atom. The molecule has 1 aromatic heterocycles. The zero-order valence-electron chi connectivity index (χ0n) is 11.8. The lowest BCUT2D eigenvalue weighted by atomic mass is 9.80. The van der Waals surface area contributed by atoms with E-state index < -0.39 is 0 Å². The first-order valence-corrected chi connectivity index (χ1v) is 7.04. The molecule has 2 bridgehead atoms. The van der Waals surface area contributed by atoms with Gasteiger partial charge in [-0.1, -0.05) is 5.16 Å². The standard InChI is InChI=1S/C15H17NO4/c1-6-10(7(2)20-16-6)13-14(17)11-8-4-5-9(19-8)12(11)15(13)18-3/h8-9,11-12H,4-5H2,1-3H3/t8-,9+,11+,12-/m0/s1. The molecule has 0 saturated carbocycles. The van der Waals surface area contributed by atoms with Gasteiger partial charge in [-0.3, -0.25) is 4.79 Å². The smallest absolute Gasteiger partial charge is 0.173 e. The van der Waals surface area contributed by atoms with Gasteiger partial charge in [-0.15, -0.1) is 0 Å². The zero-order chi connectivity index (χ0) is 14.0. The van der Waals surface area contributed by atoms with Gasteiger partial charge in [0.25, 0.3) is 0 Å². The first-order valence-electron chi connectivity index (χ1n) is 7.04. The number of aryl methyl sites for hydroxylation is 2. The van der Waals surface area contributed by atoms with Gasteiger partial charge < -0.3 is 14.0 Å². The Balaban J connectivity index is 1.89. The van der Waals surface area contributed by atoms with Gasteiger partial charge in [0.1, 0.15) is 11.5 Å². The number of methoxy groups -OCH3 is 1. The molecule has 1 aromatic rings. The first kappa shape index (κ1) is 12.1. The van der Waals surface area contributed by atoms with Gasteiger partial charge in [-0.25, -0.2) is 0 Å². The second kappa shape index (κ2) is 3.95. The third-order valence-electron chi connectivity index (χ3n) is 4.87. The van der Waals surface area contributed by atoms with Crippen LogP contribution in [0.4, 0.5) is 0 Å². The number of Topliss-reactive ketones (excluding diaryl/α,β-unsaturated/α-hetero) is 1. The molecule has 0 radical (unpaired) electrons. The molecule has 0 amide bonds. The summed E-state index contributed by atoms with van der Waals surface area (Å²) in [7, 11) is 1.63. The highest BCUT2D eigenvalue weighted by molar-refractivity contribution is 6.25. The van der Waals surface area contributed by atoms with Gasteiger partial charge in [0.05, 0.1) is 48.0 Å². The lowest BCUT2D eigenvalue weighted by molar-refractivity contribution is -0.118. The molecule has 106 valence electrons. The predicted molar refractivity (Wildman–Crippen MR) is 69.8 cm³/mol. The zero-order valence-corrected chi connectivity index (χ0v) is 11.8. The summed E-state index contributed by atoms with van der Waals surface area (Å²) in [4.78, 5) is 12.9. The molecular formula is C15H17NO4. The number of rotatable bonds is 2. The molecule has 2 fully saturated rings. The second-order valence-corrected chi connectivity index (χ2v) is 5.85. The van der Waals surface area contributed by atoms with E-state index in [1.807, 2.05) is 13.8 Å². The van der Waals surface area contributed by atoms with Crippen LogP contribution in [-0.4, -0.2) is 30.3 Å². The van der Waals surface area contributed by atoms with Crippen molar-refractivity contribution in [2.45, 2.75) is 38.9 Å². The summed E-state index contributed by atoms with van der Waals surface area (Å²) in [5.74, 6) is 1.58. The fourth-order valence-electron chi connectivity index (χ4n) is 4.12. The van der Waals surface area contributed by atoms with Crippen LogP contribution in [0.1, 0.15) is 29.9 Å². The van der Waals surface area contributed by atoms with E-state index in [4.69, 9.17) is 14.0 Å². The van der Waals surface area contributed by atoms with Crippen molar-refractivity contribution in [2.24, 2.45) is 11.8 Å². The van der Waals surface area contributed by atoms with E-state index in [-0.39, 0.29) is 29.8 Å². The molecule has 0 unspecified atom stereocenters. The summed E-state index contributed by atoms with van der Waals surface area (Å²) >= 11 is 0. The summed E-state index contributed by atoms with van der Waals surface area (Å²) in [6.07, 6.45) is 2.17. The fraction of sp³-hybridized carbons (Fsp3) is 0.600. The van der Waals surface area contributed by atoms with Crippen molar-refractivity contribution in [3.63, 3.8) is 0 Å². The number of hydrogen-bond acceptors (Lipinski definition) is 5. The first-order chi connectivity index (χ1) is 9.63. The van der Waals surface area contributed by atoms with Gasteiger partial charge in [0.15, 0.2) is 5.78 Å². The van der Waals surface area contributed by atoms with Crippen molar-refractivity contribution >= 4 is 11.4 Å². The van der Waals surface area contributed by atoms with Gasteiger partial charge in [-0.2, -0.15) is 0 Å². The summed E-state index contributed by atoms with van der Waals surface area (Å²) in [6, 6.07) is 0. The largest absolute Gasteiger partial charge is 0.500 e. The van der Waals surface area contributed by atoms with Crippen molar-refractivity contribution in [1.82, 2.24) is 5.16 Å². The van der Waals surface area contributed by atoms with Crippen molar-refractivity contribution in [3.05, 3.63) is 22.8 Å². The van der Waals surface area contributed by atoms with Crippen LogP contribution in [0.25, 0.3) is 5.57 Å². The summed E-state index contributed by atoms with van der Waals surface area (Å²) in [5.41, 5.74) is 2.22. The molecule has 0 spiro atoms. The number of nitrogens with zero attached hydrogens (tertiary/aromatic N) is 1. The Morgan fingerprint density at radius 2 is 1.90 bits per heavy atom. The molecule has 5 nitrogen and oxygen atoms in total. The molecule has 1 aliphatic carbocycles. The number of ketones is 1. The van der Waals surface area contributed by atoms with Gasteiger partial charge in [0.2, 0.25) is 0 Å². The van der Waals surface area contributed by atoms with Crippen LogP contribution in [0.5, 0.6) is 0 Å². The number of hydrogen-bond donors (Lipinski definition) is 0. The maximum atomic E-state index is 12.9. The van der Waals surface area contributed by atoms with Gasteiger partial charge >= 0.3 is 0 Å². The number of aromatic nitrogens is 1.